The number of esters is 1. The summed E-state index contributed by atoms with van der Waals surface area (Å²) in [6.45, 7) is -0.330. The normalized spacial score (nSPS) is 33.8. The van der Waals surface area contributed by atoms with E-state index >= 15 is 0 Å². The summed E-state index contributed by atoms with van der Waals surface area (Å²) < 4.78 is 5.57. The van der Waals surface area contributed by atoms with Crippen LogP contribution >= 0.6 is 15.9 Å². The van der Waals surface area contributed by atoms with Gasteiger partial charge in [0.25, 0.3) is 11.8 Å². The van der Waals surface area contributed by atoms with Gasteiger partial charge >= 0.3 is 5.97 Å². The monoisotopic (exact) mass is 474 g/mol. The van der Waals surface area contributed by atoms with Crippen molar-refractivity contribution < 1.29 is 19.1 Å². The molecule has 5 saturated carbocycles. The molecule has 0 saturated heterocycles. The van der Waals surface area contributed by atoms with Crippen LogP contribution < -0.4 is 10.6 Å². The van der Waals surface area contributed by atoms with Crippen LogP contribution in [-0.2, 0) is 14.3 Å². The fraction of sp³-hybridized carbons (Fsp3) is 0.609. The van der Waals surface area contributed by atoms with Gasteiger partial charge in [0.05, 0.1) is 16.7 Å². The number of halogens is 1. The van der Waals surface area contributed by atoms with Crippen molar-refractivity contribution in [2.45, 2.75) is 61.7 Å². The molecule has 4 bridgehead atoms. The lowest BCUT2D eigenvalue weighted by atomic mass is 9.49. The summed E-state index contributed by atoms with van der Waals surface area (Å²) in [5.74, 6) is 0.290. The summed E-state index contributed by atoms with van der Waals surface area (Å²) in [6, 6.07) is 7.14. The Hall–Kier alpha value is -1.89. The molecular weight excluding hydrogens is 448 g/mol. The van der Waals surface area contributed by atoms with E-state index < -0.39 is 11.3 Å². The summed E-state index contributed by atoms with van der Waals surface area (Å²) >= 11 is 3.90. The number of hydrogen-bond acceptors (Lipinski definition) is 4. The van der Waals surface area contributed by atoms with Crippen LogP contribution in [0, 0.1) is 17.3 Å². The Kier molecular flexibility index (Phi) is 4.92. The van der Waals surface area contributed by atoms with Crippen molar-refractivity contribution in [1.29, 1.82) is 0 Å². The maximum absolute atomic E-state index is 13.0. The van der Waals surface area contributed by atoms with Gasteiger partial charge in [-0.25, -0.2) is 0 Å². The average molecular weight is 475 g/mol. The number of carbonyl (C=O) groups excluding carboxylic acids is 3. The highest BCUT2D eigenvalue weighted by atomic mass is 79.9. The SMILES string of the molecule is O=C(COC(=O)C12C[C@H]3C[C@@H](CC(Br)(C3)C1)C2)Nc1ccccc1C(=O)NC1CC1. The fourth-order valence-electron chi connectivity index (χ4n) is 6.14. The van der Waals surface area contributed by atoms with Gasteiger partial charge < -0.3 is 15.4 Å². The van der Waals surface area contributed by atoms with E-state index in [2.05, 4.69) is 26.6 Å². The molecular formula is C23H27BrN2O4. The number of hydrogen-bond donors (Lipinski definition) is 2. The highest BCUT2D eigenvalue weighted by Crippen LogP contribution is 2.64. The Labute approximate surface area is 184 Å². The van der Waals surface area contributed by atoms with Crippen molar-refractivity contribution in [2.24, 2.45) is 17.3 Å². The lowest BCUT2D eigenvalue weighted by molar-refractivity contribution is -0.170. The summed E-state index contributed by atoms with van der Waals surface area (Å²) in [7, 11) is 0. The van der Waals surface area contributed by atoms with E-state index in [1.54, 1.807) is 24.3 Å². The zero-order chi connectivity index (χ0) is 20.9. The lowest BCUT2D eigenvalue weighted by Gasteiger charge is -2.58. The first-order valence-corrected chi connectivity index (χ1v) is 11.7. The molecule has 0 unspecified atom stereocenters. The second-order valence-corrected chi connectivity index (χ2v) is 11.5. The minimum Gasteiger partial charge on any atom is -0.455 e. The highest BCUT2D eigenvalue weighted by molar-refractivity contribution is 9.10. The largest absolute Gasteiger partial charge is 0.455 e. The first-order valence-electron chi connectivity index (χ1n) is 10.9. The molecule has 0 radical (unpaired) electrons. The maximum atomic E-state index is 13.0. The third kappa shape index (κ3) is 3.88. The Morgan fingerprint density at radius 2 is 1.77 bits per heavy atom. The van der Waals surface area contributed by atoms with Gasteiger partial charge in [-0.2, -0.15) is 0 Å². The zero-order valence-electron chi connectivity index (χ0n) is 16.9. The van der Waals surface area contributed by atoms with Gasteiger partial charge in [0, 0.05) is 10.4 Å². The first-order chi connectivity index (χ1) is 14.3. The first kappa shape index (κ1) is 20.0. The van der Waals surface area contributed by atoms with E-state index in [0.29, 0.717) is 23.1 Å². The molecule has 7 heteroatoms. The van der Waals surface area contributed by atoms with Crippen LogP contribution in [0.4, 0.5) is 5.69 Å². The van der Waals surface area contributed by atoms with E-state index in [4.69, 9.17) is 4.74 Å². The van der Waals surface area contributed by atoms with Gasteiger partial charge in [-0.1, -0.05) is 28.1 Å². The molecule has 0 aliphatic heterocycles. The Bertz CT molecular complexity index is 883. The predicted octanol–water partition coefficient (Wildman–Crippen LogP) is 3.79. The number of alkyl halides is 1. The third-order valence-corrected chi connectivity index (χ3v) is 8.04. The van der Waals surface area contributed by atoms with E-state index in [1.165, 1.54) is 6.42 Å². The number of nitrogens with one attached hydrogen (secondary N) is 2. The second-order valence-electron chi connectivity index (χ2n) is 9.81. The lowest BCUT2D eigenvalue weighted by Crippen LogP contribution is -2.56. The molecule has 5 aliphatic rings. The molecule has 5 aliphatic carbocycles. The molecule has 0 heterocycles. The van der Waals surface area contributed by atoms with E-state index in [9.17, 15) is 14.4 Å². The summed E-state index contributed by atoms with van der Waals surface area (Å²) in [6.07, 6.45) is 8.03. The van der Waals surface area contributed by atoms with Crippen LogP contribution in [0.3, 0.4) is 0 Å². The molecule has 0 spiro atoms. The minimum atomic E-state index is -0.448. The van der Waals surface area contributed by atoms with E-state index in [1.807, 2.05) is 0 Å². The summed E-state index contributed by atoms with van der Waals surface area (Å²) in [5.41, 5.74) is 0.410. The summed E-state index contributed by atoms with van der Waals surface area (Å²) in [5, 5.41) is 5.67. The number of para-hydroxylation sites is 1. The molecule has 0 aromatic heterocycles. The number of carbonyl (C=O) groups is 3. The molecule has 160 valence electrons. The van der Waals surface area contributed by atoms with Gasteiger partial charge in [-0.3, -0.25) is 14.4 Å². The molecule has 5 fully saturated rings. The quantitative estimate of drug-likeness (QED) is 0.485. The Morgan fingerprint density at radius 1 is 1.07 bits per heavy atom. The van der Waals surface area contributed by atoms with Gasteiger partial charge in [-0.15, -0.1) is 0 Å². The molecule has 6 nitrogen and oxygen atoms in total. The summed E-state index contributed by atoms with van der Waals surface area (Å²) in [4.78, 5) is 37.9. The van der Waals surface area contributed by atoms with E-state index in [-0.39, 0.29) is 28.8 Å². The number of ether oxygens (including phenoxy) is 1. The van der Waals surface area contributed by atoms with Gasteiger partial charge in [-0.05, 0) is 75.3 Å². The van der Waals surface area contributed by atoms with Crippen molar-refractivity contribution >= 4 is 39.4 Å². The molecule has 2 N–H and O–H groups in total. The third-order valence-electron chi connectivity index (χ3n) is 7.12. The van der Waals surface area contributed by atoms with Crippen LogP contribution in [0.1, 0.15) is 61.7 Å². The van der Waals surface area contributed by atoms with Crippen molar-refractivity contribution in [3.63, 3.8) is 0 Å². The zero-order valence-corrected chi connectivity index (χ0v) is 18.5. The van der Waals surface area contributed by atoms with Crippen LogP contribution in [0.25, 0.3) is 0 Å². The molecule has 30 heavy (non-hydrogen) atoms. The molecule has 2 amide bonds. The van der Waals surface area contributed by atoms with Crippen molar-refractivity contribution in [2.75, 3.05) is 11.9 Å². The smallest absolute Gasteiger partial charge is 0.312 e. The van der Waals surface area contributed by atoms with E-state index in [0.717, 1.165) is 44.9 Å². The van der Waals surface area contributed by atoms with Crippen molar-refractivity contribution in [3.8, 4) is 0 Å². The topological polar surface area (TPSA) is 84.5 Å². The second kappa shape index (κ2) is 7.36. The van der Waals surface area contributed by atoms with Crippen LogP contribution in [-0.4, -0.2) is 34.8 Å². The maximum Gasteiger partial charge on any atom is 0.312 e. The minimum absolute atomic E-state index is 0.0617. The molecule has 1 aromatic carbocycles. The Balaban J connectivity index is 1.20. The molecule has 6 rings (SSSR count). The standard InChI is InChI=1S/C23H27BrN2O4/c24-23-10-14-7-15(11-23)9-22(8-14,13-23)21(29)30-12-19(27)26-18-4-2-1-3-17(18)20(28)25-16-5-6-16/h1-4,14-16H,5-13H2,(H,25,28)(H,26,27)/t14-,15-,22?,23?/m1/s1. The average Bonchev–Trinajstić information content (AvgIpc) is 3.48. The number of anilines is 1. The number of benzene rings is 1. The van der Waals surface area contributed by atoms with Crippen LogP contribution in [0.2, 0.25) is 0 Å². The Morgan fingerprint density at radius 3 is 2.43 bits per heavy atom. The number of rotatable bonds is 6. The van der Waals surface area contributed by atoms with Gasteiger partial charge in [0.1, 0.15) is 0 Å². The van der Waals surface area contributed by atoms with Crippen LogP contribution in [0.5, 0.6) is 0 Å². The van der Waals surface area contributed by atoms with Crippen molar-refractivity contribution in [1.82, 2.24) is 5.32 Å². The predicted molar refractivity (Wildman–Crippen MR) is 115 cm³/mol. The number of amides is 2. The van der Waals surface area contributed by atoms with Crippen molar-refractivity contribution in [3.05, 3.63) is 29.8 Å². The van der Waals surface area contributed by atoms with Crippen LogP contribution in [0.15, 0.2) is 24.3 Å². The molecule has 2 atom stereocenters. The molecule has 1 aromatic rings. The fourth-order valence-corrected chi connectivity index (χ4v) is 7.59. The van der Waals surface area contributed by atoms with Gasteiger partial charge in [0.2, 0.25) is 0 Å². The van der Waals surface area contributed by atoms with Gasteiger partial charge in [0.15, 0.2) is 6.61 Å². The highest BCUT2D eigenvalue weighted by Gasteiger charge is 2.60.